The molecule has 1 saturated carbocycles. The van der Waals surface area contributed by atoms with Crippen LogP contribution in [0, 0.1) is 5.41 Å². The average Bonchev–Trinajstić information content (AvgIpc) is 2.99. The molecular weight excluding hydrogens is 610 g/mol. The molecule has 13 atom stereocenters. The Bertz CT molecular complexity index is 1060. The van der Waals surface area contributed by atoms with Gasteiger partial charge in [0.15, 0.2) is 12.2 Å². The van der Waals surface area contributed by atoms with Crippen LogP contribution in [0.15, 0.2) is 11.8 Å². The van der Waals surface area contributed by atoms with E-state index in [0.29, 0.717) is 18.7 Å². The molecule has 2 aliphatic heterocycles. The molecule has 1 saturated heterocycles. The number of aliphatic hydroxyl groups is 5. The van der Waals surface area contributed by atoms with E-state index >= 15 is 0 Å². The van der Waals surface area contributed by atoms with Gasteiger partial charge in [-0.3, -0.25) is 10.2 Å². The average molecular weight is 664 g/mol. The van der Waals surface area contributed by atoms with Crippen LogP contribution in [0.3, 0.4) is 0 Å². The Morgan fingerprint density at radius 1 is 1.22 bits per heavy atom. The summed E-state index contributed by atoms with van der Waals surface area (Å²) in [6.45, 7) is 3.18. The van der Waals surface area contributed by atoms with Crippen molar-refractivity contribution in [3.63, 3.8) is 0 Å². The molecule has 3 unspecified atom stereocenters. The molecule has 19 nitrogen and oxygen atoms in total. The summed E-state index contributed by atoms with van der Waals surface area (Å²) in [6.07, 6.45) is -5.88. The summed E-state index contributed by atoms with van der Waals surface area (Å²) in [5.41, 5.74) is 20.1. The zero-order chi connectivity index (χ0) is 34.4. The summed E-state index contributed by atoms with van der Waals surface area (Å²) in [6, 6.07) is -3.93. The predicted molar refractivity (Wildman–Crippen MR) is 163 cm³/mol. The molecular formula is C27H53N9O10. The third kappa shape index (κ3) is 9.22. The van der Waals surface area contributed by atoms with E-state index in [9.17, 15) is 25.2 Å². The summed E-state index contributed by atoms with van der Waals surface area (Å²) < 4.78 is 23.9. The van der Waals surface area contributed by atoms with Crippen molar-refractivity contribution in [1.29, 1.82) is 5.41 Å². The number of nitrogens with one attached hydrogen (secondary N) is 5. The number of likely N-dealkylation sites (N-methyl/N-ethyl adjacent to an activating group) is 1. The van der Waals surface area contributed by atoms with Crippen LogP contribution in [-0.4, -0.2) is 149 Å². The highest BCUT2D eigenvalue weighted by Crippen LogP contribution is 2.32. The van der Waals surface area contributed by atoms with Gasteiger partial charge in [0.1, 0.15) is 35.8 Å². The minimum absolute atomic E-state index is 0.0424. The standard InChI is InChI=1S/C27H53N9O10/c1-4-27(42,36-25(31)32)24(40)35-16-7-15(30)19(45-22-14(29)6-5-13(44-22)9-34-8-12(28)10-37)17(38)20(16)46-23-18(39)21(33-3)26(2,41)11-43-23/h5,12,14-23,33-34,37-39,41-42H,4,6-11,28-30H2,1-3H3,(H,35,40)(H4,31,32,36)/t12?,14-,15+,16-,17+,18-,19?,20+,21-,22-,23-,26+,27?/m1/s1. The maximum absolute atomic E-state index is 13.2. The van der Waals surface area contributed by atoms with Crippen LogP contribution in [0.5, 0.6) is 0 Å². The topological polar surface area (TPSA) is 331 Å². The lowest BCUT2D eigenvalue weighted by Crippen LogP contribution is -2.70. The smallest absolute Gasteiger partial charge is 0.273 e. The lowest BCUT2D eigenvalue weighted by atomic mass is 9.83. The molecule has 1 aliphatic carbocycles. The van der Waals surface area contributed by atoms with Gasteiger partial charge in [-0.25, -0.2) is 0 Å². The van der Waals surface area contributed by atoms with Gasteiger partial charge in [-0.2, -0.15) is 0 Å². The Balaban J connectivity index is 1.82. The molecule has 46 heavy (non-hydrogen) atoms. The van der Waals surface area contributed by atoms with Gasteiger partial charge in [0.25, 0.3) is 5.91 Å². The van der Waals surface area contributed by atoms with E-state index in [1.165, 1.54) is 13.8 Å². The highest BCUT2D eigenvalue weighted by Gasteiger charge is 2.52. The van der Waals surface area contributed by atoms with E-state index in [1.807, 2.05) is 0 Å². The van der Waals surface area contributed by atoms with Gasteiger partial charge in [-0.05, 0) is 32.9 Å². The molecule has 18 N–H and O–H groups in total. The van der Waals surface area contributed by atoms with Crippen molar-refractivity contribution in [3.05, 3.63) is 11.8 Å². The van der Waals surface area contributed by atoms with Crippen LogP contribution < -0.4 is 44.2 Å². The molecule has 0 bridgehead atoms. The highest BCUT2D eigenvalue weighted by molar-refractivity contribution is 5.89. The van der Waals surface area contributed by atoms with Crippen molar-refractivity contribution in [2.24, 2.45) is 22.9 Å². The Labute approximate surface area is 267 Å². The third-order valence-corrected chi connectivity index (χ3v) is 8.46. The van der Waals surface area contributed by atoms with Gasteiger partial charge >= 0.3 is 0 Å². The van der Waals surface area contributed by atoms with Crippen LogP contribution in [0.1, 0.15) is 33.1 Å². The summed E-state index contributed by atoms with van der Waals surface area (Å²) in [5, 5.41) is 71.6. The number of nitrogens with two attached hydrogens (primary N) is 4. The first-order valence-electron chi connectivity index (χ1n) is 15.3. The molecule has 1 amide bonds. The summed E-state index contributed by atoms with van der Waals surface area (Å²) in [4.78, 5) is 13.2. The van der Waals surface area contributed by atoms with Gasteiger partial charge in [-0.15, -0.1) is 0 Å². The second-order valence-electron chi connectivity index (χ2n) is 12.3. The number of guanidine groups is 1. The minimum Gasteiger partial charge on any atom is -0.467 e. The van der Waals surface area contributed by atoms with Crippen molar-refractivity contribution < 1.29 is 49.3 Å². The number of carbonyl (C=O) groups excluding carboxylic acids is 1. The lowest BCUT2D eigenvalue weighted by molar-refractivity contribution is -0.304. The second kappa shape index (κ2) is 16.2. The molecule has 2 fully saturated rings. The Morgan fingerprint density at radius 3 is 2.50 bits per heavy atom. The van der Waals surface area contributed by atoms with Crippen LogP contribution in [-0.2, 0) is 23.7 Å². The number of rotatable bonds is 14. The molecule has 19 heteroatoms. The van der Waals surface area contributed by atoms with Crippen molar-refractivity contribution in [2.45, 2.75) is 112 Å². The third-order valence-electron chi connectivity index (χ3n) is 8.46. The zero-order valence-corrected chi connectivity index (χ0v) is 26.5. The highest BCUT2D eigenvalue weighted by atomic mass is 16.7. The quantitative estimate of drug-likeness (QED) is 0.0467. The molecule has 3 aliphatic rings. The fraction of sp³-hybridized carbons (Fsp3) is 0.852. The number of aliphatic hydroxyl groups excluding tert-OH is 3. The Kier molecular flexibility index (Phi) is 13.5. The number of hydrogen-bond donors (Lipinski definition) is 14. The van der Waals surface area contributed by atoms with E-state index in [4.69, 9.17) is 52.4 Å². The van der Waals surface area contributed by atoms with Gasteiger partial charge in [0.2, 0.25) is 12.0 Å². The normalized spacial score (nSPS) is 38.5. The first-order chi connectivity index (χ1) is 21.6. The second-order valence-corrected chi connectivity index (χ2v) is 12.3. The molecule has 0 radical (unpaired) electrons. The predicted octanol–water partition coefficient (Wildman–Crippen LogP) is -6.16. The van der Waals surface area contributed by atoms with E-state index < -0.39 is 90.4 Å². The van der Waals surface area contributed by atoms with Crippen LogP contribution in [0.4, 0.5) is 0 Å². The lowest BCUT2D eigenvalue weighted by Gasteiger charge is -2.49. The van der Waals surface area contributed by atoms with Crippen LogP contribution in [0.25, 0.3) is 0 Å². The molecule has 0 aromatic carbocycles. The molecule has 0 aromatic heterocycles. The molecule has 3 rings (SSSR count). The SMILES string of the molecule is CCC(O)(NC(=N)N)C(=O)N[C@@H]1C[C@H](N)C(O[C@H]2OC(CNCC(N)CO)=CC[C@H]2N)[C@H](O)[C@H]1O[C@H]1OC[C@](C)(O)[C@H](NC)[C@H]1O. The first-order valence-corrected chi connectivity index (χ1v) is 15.3. The minimum atomic E-state index is -2.27. The van der Waals surface area contributed by atoms with Crippen molar-refractivity contribution in [1.82, 2.24) is 21.3 Å². The van der Waals surface area contributed by atoms with Crippen molar-refractivity contribution in [2.75, 3.05) is 33.4 Å². The molecule has 2 heterocycles. The van der Waals surface area contributed by atoms with E-state index in [-0.39, 0.29) is 32.6 Å². The Hall–Kier alpha value is -2.24. The molecule has 0 spiro atoms. The van der Waals surface area contributed by atoms with Gasteiger partial charge < -0.3 is 88.7 Å². The number of ether oxygens (including phenoxy) is 4. The van der Waals surface area contributed by atoms with E-state index in [0.717, 1.165) is 0 Å². The number of hydrogen-bond acceptors (Lipinski definition) is 16. The van der Waals surface area contributed by atoms with Gasteiger partial charge in [0.05, 0.1) is 37.9 Å². The maximum Gasteiger partial charge on any atom is 0.273 e. The monoisotopic (exact) mass is 663 g/mol. The van der Waals surface area contributed by atoms with E-state index in [1.54, 1.807) is 13.1 Å². The molecule has 266 valence electrons. The first kappa shape index (κ1) is 38.2. The summed E-state index contributed by atoms with van der Waals surface area (Å²) in [5.74, 6) is -1.10. The molecule has 0 aromatic rings. The van der Waals surface area contributed by atoms with Crippen molar-refractivity contribution in [3.8, 4) is 0 Å². The summed E-state index contributed by atoms with van der Waals surface area (Å²) >= 11 is 0. The van der Waals surface area contributed by atoms with Crippen LogP contribution in [0.2, 0.25) is 0 Å². The Morgan fingerprint density at radius 2 is 1.89 bits per heavy atom. The zero-order valence-electron chi connectivity index (χ0n) is 26.5. The van der Waals surface area contributed by atoms with E-state index in [2.05, 4.69) is 21.3 Å². The van der Waals surface area contributed by atoms with Crippen molar-refractivity contribution >= 4 is 11.9 Å². The number of carbonyl (C=O) groups is 1. The van der Waals surface area contributed by atoms with Gasteiger partial charge in [-0.1, -0.05) is 6.92 Å². The van der Waals surface area contributed by atoms with Crippen LogP contribution >= 0.6 is 0 Å². The summed E-state index contributed by atoms with van der Waals surface area (Å²) in [7, 11) is 1.55. The fourth-order valence-corrected chi connectivity index (χ4v) is 5.78. The van der Waals surface area contributed by atoms with Gasteiger partial charge in [0, 0.05) is 25.0 Å². The fourth-order valence-electron chi connectivity index (χ4n) is 5.78. The largest absolute Gasteiger partial charge is 0.467 e. The maximum atomic E-state index is 13.2. The number of amides is 1.